The topological polar surface area (TPSA) is 75.4 Å². The molecule has 5 heteroatoms. The van der Waals surface area contributed by atoms with Gasteiger partial charge >= 0.3 is 0 Å². The summed E-state index contributed by atoms with van der Waals surface area (Å²) in [6.45, 7) is 1.43. The third-order valence-corrected chi connectivity index (χ3v) is 4.36. The van der Waals surface area contributed by atoms with Crippen LogP contribution in [0.5, 0.6) is 0 Å². The number of hydrogen-bond donors (Lipinski definition) is 3. The number of rotatable bonds is 6. The van der Waals surface area contributed by atoms with E-state index in [1.807, 2.05) is 0 Å². The van der Waals surface area contributed by atoms with E-state index >= 15 is 0 Å². The maximum atomic E-state index is 13.8. The van der Waals surface area contributed by atoms with Crippen LogP contribution < -0.4 is 11.1 Å². The second-order valence-electron chi connectivity index (χ2n) is 5.79. The molecular weight excluding hydrogens is 271 g/mol. The predicted octanol–water partition coefficient (Wildman–Crippen LogP) is 1.81. The minimum atomic E-state index is -0.624. The molecule has 0 aliphatic heterocycles. The van der Waals surface area contributed by atoms with Crippen molar-refractivity contribution in [1.29, 1.82) is 0 Å². The fourth-order valence-electron chi connectivity index (χ4n) is 3.03. The summed E-state index contributed by atoms with van der Waals surface area (Å²) < 4.78 is 13.8. The van der Waals surface area contributed by atoms with E-state index in [4.69, 9.17) is 5.73 Å². The molecule has 21 heavy (non-hydrogen) atoms. The van der Waals surface area contributed by atoms with E-state index in [0.29, 0.717) is 23.9 Å². The molecule has 0 spiro atoms. The monoisotopic (exact) mass is 294 g/mol. The molecule has 1 aromatic rings. The molecule has 1 saturated carbocycles. The highest BCUT2D eigenvalue weighted by Gasteiger charge is 2.23. The molecule has 1 aliphatic carbocycles. The van der Waals surface area contributed by atoms with E-state index in [0.717, 1.165) is 19.4 Å². The van der Waals surface area contributed by atoms with Gasteiger partial charge in [-0.3, -0.25) is 4.79 Å². The fourth-order valence-corrected chi connectivity index (χ4v) is 3.03. The van der Waals surface area contributed by atoms with Gasteiger partial charge in [-0.25, -0.2) is 4.39 Å². The molecule has 4 N–H and O–H groups in total. The Bertz CT molecular complexity index is 493. The highest BCUT2D eigenvalue weighted by Crippen LogP contribution is 2.29. The third kappa shape index (κ3) is 4.25. The van der Waals surface area contributed by atoms with Gasteiger partial charge in [0, 0.05) is 24.3 Å². The molecule has 2 atom stereocenters. The van der Waals surface area contributed by atoms with E-state index in [1.165, 1.54) is 18.9 Å². The van der Waals surface area contributed by atoms with Gasteiger partial charge in [0.25, 0.3) is 0 Å². The number of aliphatic hydroxyl groups is 1. The lowest BCUT2D eigenvalue weighted by molar-refractivity contribution is 0.1000. The lowest BCUT2D eigenvalue weighted by atomic mass is 9.79. The van der Waals surface area contributed by atoms with Crippen LogP contribution in [0, 0.1) is 17.7 Å². The molecule has 0 aromatic heterocycles. The Morgan fingerprint density at radius 2 is 2.05 bits per heavy atom. The van der Waals surface area contributed by atoms with Gasteiger partial charge in [-0.2, -0.15) is 0 Å². The van der Waals surface area contributed by atoms with Crippen LogP contribution in [0.3, 0.4) is 0 Å². The predicted molar refractivity (Wildman–Crippen MR) is 79.2 cm³/mol. The van der Waals surface area contributed by atoms with E-state index in [9.17, 15) is 14.3 Å². The van der Waals surface area contributed by atoms with Crippen LogP contribution in [0.15, 0.2) is 18.2 Å². The minimum absolute atomic E-state index is 0.184. The number of carbonyl (C=O) groups is 1. The highest BCUT2D eigenvalue weighted by atomic mass is 19.1. The van der Waals surface area contributed by atoms with E-state index in [-0.39, 0.29) is 12.2 Å². The first kappa shape index (κ1) is 15.9. The first-order valence-corrected chi connectivity index (χ1v) is 7.51. The Morgan fingerprint density at radius 1 is 1.33 bits per heavy atom. The van der Waals surface area contributed by atoms with E-state index in [1.54, 1.807) is 12.1 Å². The van der Waals surface area contributed by atoms with Crippen LogP contribution in [0.4, 0.5) is 4.39 Å². The second-order valence-corrected chi connectivity index (χ2v) is 5.79. The number of halogens is 1. The van der Waals surface area contributed by atoms with Crippen LogP contribution in [-0.4, -0.2) is 24.2 Å². The molecule has 2 rings (SSSR count). The minimum Gasteiger partial charge on any atom is -0.396 e. The Morgan fingerprint density at radius 3 is 2.67 bits per heavy atom. The largest absolute Gasteiger partial charge is 0.396 e. The van der Waals surface area contributed by atoms with Crippen molar-refractivity contribution in [2.24, 2.45) is 17.6 Å². The van der Waals surface area contributed by atoms with Gasteiger partial charge in [-0.1, -0.05) is 18.9 Å². The summed E-state index contributed by atoms with van der Waals surface area (Å²) in [5.74, 6) is -0.229. The fraction of sp³-hybridized carbons (Fsp3) is 0.562. The van der Waals surface area contributed by atoms with Gasteiger partial charge in [0.1, 0.15) is 5.82 Å². The number of aliphatic hydroxyl groups excluding tert-OH is 1. The highest BCUT2D eigenvalue weighted by molar-refractivity contribution is 5.92. The zero-order valence-corrected chi connectivity index (χ0v) is 12.1. The first-order valence-electron chi connectivity index (χ1n) is 7.51. The molecule has 116 valence electrons. The zero-order chi connectivity index (χ0) is 15.2. The molecule has 2 unspecified atom stereocenters. The van der Waals surface area contributed by atoms with Crippen molar-refractivity contribution >= 4 is 5.91 Å². The van der Waals surface area contributed by atoms with Crippen LogP contribution in [0.2, 0.25) is 0 Å². The molecule has 1 aromatic carbocycles. The Balaban J connectivity index is 1.87. The zero-order valence-electron chi connectivity index (χ0n) is 12.1. The smallest absolute Gasteiger partial charge is 0.248 e. The van der Waals surface area contributed by atoms with Gasteiger partial charge in [0.2, 0.25) is 5.91 Å². The first-order chi connectivity index (χ1) is 10.1. The maximum Gasteiger partial charge on any atom is 0.248 e. The number of nitrogens with two attached hydrogens (primary N) is 1. The maximum absolute atomic E-state index is 13.8. The second kappa shape index (κ2) is 7.52. The number of carbonyl (C=O) groups excluding carboxylic acids is 1. The quantitative estimate of drug-likeness (QED) is 0.749. The van der Waals surface area contributed by atoms with E-state index in [2.05, 4.69) is 5.32 Å². The number of nitrogens with one attached hydrogen (secondary N) is 1. The van der Waals surface area contributed by atoms with Gasteiger partial charge in [-0.15, -0.1) is 0 Å². The average molecular weight is 294 g/mol. The van der Waals surface area contributed by atoms with Gasteiger partial charge in [0.05, 0.1) is 0 Å². The average Bonchev–Trinajstić information content (AvgIpc) is 2.49. The normalized spacial score (nSPS) is 22.2. The Labute approximate surface area is 124 Å². The summed E-state index contributed by atoms with van der Waals surface area (Å²) in [4.78, 5) is 11.0. The number of primary amides is 1. The Kier molecular flexibility index (Phi) is 5.70. The molecule has 1 amide bonds. The summed E-state index contributed by atoms with van der Waals surface area (Å²) in [6, 6.07) is 4.31. The third-order valence-electron chi connectivity index (χ3n) is 4.36. The van der Waals surface area contributed by atoms with Crippen LogP contribution >= 0.6 is 0 Å². The molecule has 0 bridgehead atoms. The summed E-state index contributed by atoms with van der Waals surface area (Å²) in [7, 11) is 0. The summed E-state index contributed by atoms with van der Waals surface area (Å²) in [5, 5.41) is 12.6. The Hall–Kier alpha value is -1.46. The summed E-state index contributed by atoms with van der Waals surface area (Å²) in [6.07, 6.45) is 4.57. The van der Waals surface area contributed by atoms with Crippen molar-refractivity contribution in [3.8, 4) is 0 Å². The standard InChI is InChI=1S/C16H23FN2O2/c17-15-7-11(16(18)21)5-6-13(15)9-19-8-12-3-1-2-4-14(12)10-20/h5-7,12,14,19-20H,1-4,8-10H2,(H2,18,21). The van der Waals surface area contributed by atoms with Crippen molar-refractivity contribution in [2.45, 2.75) is 32.2 Å². The lowest BCUT2D eigenvalue weighted by Crippen LogP contribution is -2.32. The van der Waals surface area contributed by atoms with Crippen LogP contribution in [0.25, 0.3) is 0 Å². The molecular formula is C16H23FN2O2. The molecule has 0 heterocycles. The number of hydrogen-bond acceptors (Lipinski definition) is 3. The van der Waals surface area contributed by atoms with E-state index < -0.39 is 11.7 Å². The molecule has 1 fully saturated rings. The van der Waals surface area contributed by atoms with Crippen molar-refractivity contribution in [2.75, 3.05) is 13.2 Å². The van der Waals surface area contributed by atoms with Gasteiger partial charge < -0.3 is 16.2 Å². The summed E-state index contributed by atoms with van der Waals surface area (Å²) >= 11 is 0. The summed E-state index contributed by atoms with van der Waals surface area (Å²) in [5.41, 5.74) is 5.82. The van der Waals surface area contributed by atoms with Crippen molar-refractivity contribution in [1.82, 2.24) is 5.32 Å². The van der Waals surface area contributed by atoms with Crippen molar-refractivity contribution in [3.05, 3.63) is 35.1 Å². The SMILES string of the molecule is NC(=O)c1ccc(CNCC2CCCCC2CO)c(F)c1. The molecule has 0 saturated heterocycles. The lowest BCUT2D eigenvalue weighted by Gasteiger charge is -2.30. The van der Waals surface area contributed by atoms with Crippen LogP contribution in [0.1, 0.15) is 41.6 Å². The van der Waals surface area contributed by atoms with Gasteiger partial charge in [0.15, 0.2) is 0 Å². The van der Waals surface area contributed by atoms with Crippen molar-refractivity contribution in [3.63, 3.8) is 0 Å². The number of benzene rings is 1. The molecule has 1 aliphatic rings. The van der Waals surface area contributed by atoms with Gasteiger partial charge in [-0.05, 0) is 43.4 Å². The molecule has 4 nitrogen and oxygen atoms in total. The van der Waals surface area contributed by atoms with Crippen LogP contribution in [-0.2, 0) is 6.54 Å². The number of amides is 1. The van der Waals surface area contributed by atoms with Crippen molar-refractivity contribution < 1.29 is 14.3 Å². The molecule has 0 radical (unpaired) electrons.